The second kappa shape index (κ2) is 9.70. The molecule has 0 saturated heterocycles. The zero-order valence-corrected chi connectivity index (χ0v) is 7.84. The smallest absolute Gasteiger partial charge is 0.0314 e. The molecule has 0 aliphatic carbocycles. The van der Waals surface area contributed by atoms with Crippen LogP contribution in [0.25, 0.3) is 0 Å². The number of unbranched alkanes of at least 4 members (excludes halogenated alkanes) is 2. The van der Waals surface area contributed by atoms with Crippen LogP contribution >= 0.6 is 0 Å². The molecule has 0 aliphatic rings. The molecule has 0 bridgehead atoms. The summed E-state index contributed by atoms with van der Waals surface area (Å²) >= 11 is 0. The van der Waals surface area contributed by atoms with E-state index in [1.54, 1.807) is 0 Å². The molecular weight excluding hydrogens is 134 g/mol. The van der Waals surface area contributed by atoms with Gasteiger partial charge in [-0.1, -0.05) is 38.8 Å². The summed E-state index contributed by atoms with van der Waals surface area (Å²) in [7, 11) is 0. The fraction of sp³-hybridized carbons (Fsp3) is 0.800. The van der Waals surface area contributed by atoms with Crippen molar-refractivity contribution in [3.63, 3.8) is 0 Å². The summed E-state index contributed by atoms with van der Waals surface area (Å²) in [6, 6.07) is 0. The van der Waals surface area contributed by atoms with Gasteiger partial charge in [-0.15, -0.1) is 0 Å². The van der Waals surface area contributed by atoms with Crippen molar-refractivity contribution in [2.75, 3.05) is 13.1 Å². The SMILES string of the molecule is CCC/C=C/C[N]CCCC. The van der Waals surface area contributed by atoms with Crippen LogP contribution in [0.1, 0.15) is 39.5 Å². The van der Waals surface area contributed by atoms with E-state index >= 15 is 0 Å². The van der Waals surface area contributed by atoms with Gasteiger partial charge in [-0.2, -0.15) is 0 Å². The third-order valence-electron chi connectivity index (χ3n) is 1.53. The van der Waals surface area contributed by atoms with Gasteiger partial charge in [0.2, 0.25) is 0 Å². The molecule has 0 unspecified atom stereocenters. The van der Waals surface area contributed by atoms with Crippen molar-refractivity contribution in [3.8, 4) is 0 Å². The van der Waals surface area contributed by atoms with Gasteiger partial charge in [-0.3, -0.25) is 0 Å². The zero-order valence-electron chi connectivity index (χ0n) is 7.84. The molecule has 0 heterocycles. The zero-order chi connectivity index (χ0) is 8.36. The number of nitrogens with zero attached hydrogens (tertiary/aromatic N) is 1. The van der Waals surface area contributed by atoms with Crippen LogP contribution in [0.5, 0.6) is 0 Å². The van der Waals surface area contributed by atoms with Gasteiger partial charge in [-0.25, -0.2) is 5.32 Å². The van der Waals surface area contributed by atoms with Gasteiger partial charge in [-0.05, 0) is 12.8 Å². The Balaban J connectivity index is 2.89. The minimum Gasteiger partial charge on any atom is -0.238 e. The maximum Gasteiger partial charge on any atom is 0.0314 e. The van der Waals surface area contributed by atoms with Gasteiger partial charge >= 0.3 is 0 Å². The van der Waals surface area contributed by atoms with Gasteiger partial charge in [0.25, 0.3) is 0 Å². The molecule has 0 atom stereocenters. The van der Waals surface area contributed by atoms with Crippen LogP contribution < -0.4 is 5.32 Å². The molecular formula is C10H20N. The molecule has 1 radical (unpaired) electrons. The molecule has 0 aromatic heterocycles. The molecule has 0 fully saturated rings. The second-order valence-electron chi connectivity index (χ2n) is 2.74. The molecule has 0 aromatic rings. The minimum atomic E-state index is 0.917. The number of allylic oxidation sites excluding steroid dienone is 1. The van der Waals surface area contributed by atoms with Crippen LogP contribution in [0.3, 0.4) is 0 Å². The van der Waals surface area contributed by atoms with Crippen LogP contribution in [0.2, 0.25) is 0 Å². The summed E-state index contributed by atoms with van der Waals surface area (Å²) in [6.45, 7) is 6.34. The fourth-order valence-electron chi connectivity index (χ4n) is 0.795. The first-order valence-corrected chi connectivity index (χ1v) is 4.70. The Morgan fingerprint density at radius 3 is 2.55 bits per heavy atom. The van der Waals surface area contributed by atoms with E-state index < -0.39 is 0 Å². The van der Waals surface area contributed by atoms with Crippen LogP contribution in [0.15, 0.2) is 12.2 Å². The quantitative estimate of drug-likeness (QED) is 0.395. The maximum atomic E-state index is 4.35. The Bertz CT molecular complexity index is 86.9. The molecule has 0 spiro atoms. The molecule has 0 N–H and O–H groups in total. The molecule has 0 rings (SSSR count). The highest BCUT2D eigenvalue weighted by Gasteiger charge is 1.82. The molecule has 0 aliphatic heterocycles. The van der Waals surface area contributed by atoms with E-state index in [4.69, 9.17) is 0 Å². The van der Waals surface area contributed by atoms with E-state index in [9.17, 15) is 0 Å². The van der Waals surface area contributed by atoms with Gasteiger partial charge in [0, 0.05) is 13.1 Å². The highest BCUT2D eigenvalue weighted by Crippen LogP contribution is 1.88. The van der Waals surface area contributed by atoms with E-state index in [1.807, 2.05) is 0 Å². The van der Waals surface area contributed by atoms with Crippen molar-refractivity contribution < 1.29 is 0 Å². The van der Waals surface area contributed by atoms with Crippen LogP contribution in [-0.4, -0.2) is 13.1 Å². The minimum absolute atomic E-state index is 0.917. The Hall–Kier alpha value is -0.300. The van der Waals surface area contributed by atoms with Crippen LogP contribution in [0, 0.1) is 0 Å². The van der Waals surface area contributed by atoms with E-state index in [1.165, 1.54) is 25.7 Å². The predicted molar refractivity (Wildman–Crippen MR) is 50.8 cm³/mol. The van der Waals surface area contributed by atoms with Crippen molar-refractivity contribution in [1.29, 1.82) is 0 Å². The highest BCUT2D eigenvalue weighted by molar-refractivity contribution is 4.82. The molecule has 0 amide bonds. The van der Waals surface area contributed by atoms with E-state index in [0.717, 1.165) is 13.1 Å². The maximum absolute atomic E-state index is 4.35. The largest absolute Gasteiger partial charge is 0.238 e. The number of rotatable bonds is 7. The average Bonchev–Trinajstić information content (AvgIpc) is 2.03. The Labute approximate surface area is 70.9 Å². The number of hydrogen-bond donors (Lipinski definition) is 0. The van der Waals surface area contributed by atoms with Gasteiger partial charge < -0.3 is 0 Å². The summed E-state index contributed by atoms with van der Waals surface area (Å²) in [5, 5.41) is 4.35. The van der Waals surface area contributed by atoms with Crippen LogP contribution in [0.4, 0.5) is 0 Å². The molecule has 11 heavy (non-hydrogen) atoms. The molecule has 1 nitrogen and oxygen atoms in total. The molecule has 0 aromatic carbocycles. The van der Waals surface area contributed by atoms with E-state index in [2.05, 4.69) is 31.3 Å². The lowest BCUT2D eigenvalue weighted by atomic mass is 10.3. The lowest BCUT2D eigenvalue weighted by Gasteiger charge is -1.94. The van der Waals surface area contributed by atoms with Crippen molar-refractivity contribution in [3.05, 3.63) is 12.2 Å². The summed E-state index contributed by atoms with van der Waals surface area (Å²) in [5.41, 5.74) is 0. The Morgan fingerprint density at radius 2 is 1.91 bits per heavy atom. The van der Waals surface area contributed by atoms with E-state index in [-0.39, 0.29) is 0 Å². The van der Waals surface area contributed by atoms with E-state index in [0.29, 0.717) is 0 Å². The third-order valence-corrected chi connectivity index (χ3v) is 1.53. The van der Waals surface area contributed by atoms with Crippen molar-refractivity contribution in [1.82, 2.24) is 5.32 Å². The highest BCUT2D eigenvalue weighted by atomic mass is 14.8. The summed E-state index contributed by atoms with van der Waals surface area (Å²) in [4.78, 5) is 0. The summed E-state index contributed by atoms with van der Waals surface area (Å²) in [5.74, 6) is 0. The molecule has 65 valence electrons. The third kappa shape index (κ3) is 9.70. The van der Waals surface area contributed by atoms with Crippen molar-refractivity contribution in [2.45, 2.75) is 39.5 Å². The Kier molecular flexibility index (Phi) is 9.44. The fourth-order valence-corrected chi connectivity index (χ4v) is 0.795. The average molecular weight is 154 g/mol. The van der Waals surface area contributed by atoms with Gasteiger partial charge in [0.05, 0.1) is 0 Å². The first kappa shape index (κ1) is 10.7. The van der Waals surface area contributed by atoms with Gasteiger partial charge in [0.15, 0.2) is 0 Å². The topological polar surface area (TPSA) is 14.1 Å². The van der Waals surface area contributed by atoms with Crippen molar-refractivity contribution >= 4 is 0 Å². The summed E-state index contributed by atoms with van der Waals surface area (Å²) < 4.78 is 0. The van der Waals surface area contributed by atoms with Crippen LogP contribution in [-0.2, 0) is 0 Å². The standard InChI is InChI=1S/C10H20N/c1-3-5-7-8-10-11-9-6-4-2/h7-8H,3-6,9-10H2,1-2H3/b8-7+. The lowest BCUT2D eigenvalue weighted by molar-refractivity contribution is 0.669. The Morgan fingerprint density at radius 1 is 1.09 bits per heavy atom. The predicted octanol–water partition coefficient (Wildman–Crippen LogP) is 2.75. The molecule has 1 heteroatoms. The lowest BCUT2D eigenvalue weighted by Crippen LogP contribution is -2.05. The normalized spacial score (nSPS) is 11.1. The second-order valence-corrected chi connectivity index (χ2v) is 2.74. The monoisotopic (exact) mass is 154 g/mol. The first-order valence-electron chi connectivity index (χ1n) is 4.70. The molecule has 0 saturated carbocycles. The van der Waals surface area contributed by atoms with Gasteiger partial charge in [0.1, 0.15) is 0 Å². The van der Waals surface area contributed by atoms with Crippen molar-refractivity contribution in [2.24, 2.45) is 0 Å². The number of hydrogen-bond acceptors (Lipinski definition) is 0. The first-order chi connectivity index (χ1) is 5.41. The summed E-state index contributed by atoms with van der Waals surface area (Å²) in [6.07, 6.45) is 9.31.